The van der Waals surface area contributed by atoms with E-state index in [1.807, 2.05) is 0 Å². The lowest BCUT2D eigenvalue weighted by Crippen LogP contribution is -2.20. The average Bonchev–Trinajstić information content (AvgIpc) is 2.97. The maximum absolute atomic E-state index is 14.2. The molecule has 0 bridgehead atoms. The Balaban J connectivity index is 2.04. The van der Waals surface area contributed by atoms with Crippen LogP contribution in [-0.4, -0.2) is 13.1 Å². The highest BCUT2D eigenvalue weighted by atomic mass is 16.5. The maximum atomic E-state index is 14.2. The second-order valence-electron chi connectivity index (χ2n) is 9.66. The molecule has 7 rings (SSSR count). The molecule has 0 aliphatic heterocycles. The topological polar surface area (TPSA) is 104 Å². The van der Waals surface area contributed by atoms with E-state index in [4.69, 9.17) is 9.47 Å². The van der Waals surface area contributed by atoms with Crippen molar-refractivity contribution in [1.29, 1.82) is 0 Å². The Hall–Kier alpha value is -5.43. The number of fused-ring (bicyclic) bond motifs is 9. The maximum Gasteiger partial charge on any atom is 0.308 e. The zero-order valence-corrected chi connectivity index (χ0v) is 21.3. The molecule has 0 atom stereocenters. The van der Waals surface area contributed by atoms with Crippen molar-refractivity contribution in [2.24, 2.45) is 0 Å². The van der Waals surface area contributed by atoms with Crippen LogP contribution in [0.3, 0.4) is 0 Å². The van der Waals surface area contributed by atoms with Crippen LogP contribution in [0, 0.1) is 0 Å². The van der Waals surface area contributed by atoms with Crippen LogP contribution in [0.5, 0.6) is 11.5 Å². The molecule has 0 saturated heterocycles. The molecule has 7 heteroatoms. The van der Waals surface area contributed by atoms with Gasteiger partial charge in [-0.25, -0.2) is 0 Å². The smallest absolute Gasteiger partial charge is 0.308 e. The summed E-state index contributed by atoms with van der Waals surface area (Å²) in [5, 5.41) is 1.26. The van der Waals surface area contributed by atoms with Crippen molar-refractivity contribution in [1.82, 2.24) is 0 Å². The number of ether oxygens (including phenoxy) is 2. The van der Waals surface area contributed by atoms with Gasteiger partial charge < -0.3 is 9.47 Å². The first-order valence-electron chi connectivity index (χ1n) is 12.5. The van der Waals surface area contributed by atoms with Gasteiger partial charge in [0, 0.05) is 71.6 Å². The lowest BCUT2D eigenvalue weighted by molar-refractivity contribution is -0.131. The van der Waals surface area contributed by atoms with Crippen molar-refractivity contribution >= 4 is 70.6 Å². The molecule has 0 fully saturated rings. The van der Waals surface area contributed by atoms with Gasteiger partial charge in [0.1, 0.15) is 11.5 Å². The fourth-order valence-electron chi connectivity index (χ4n) is 6.02. The molecule has 0 N–H and O–H groups in total. The van der Waals surface area contributed by atoms with Gasteiger partial charge in [-0.1, -0.05) is 72.8 Å². The van der Waals surface area contributed by atoms with Gasteiger partial charge in [-0.2, -0.15) is 0 Å². The average molecular weight is 527 g/mol. The number of carbonyl (C=O) groups is 1. The number of benzene rings is 7. The fourth-order valence-corrected chi connectivity index (χ4v) is 6.02. The minimum absolute atomic E-state index is 0.0117. The highest BCUT2D eigenvalue weighted by molar-refractivity contribution is 6.34. The minimum Gasteiger partial charge on any atom is -0.495 e. The van der Waals surface area contributed by atoms with E-state index < -0.39 is 27.7 Å². The molecule has 0 aliphatic rings. The number of carbonyl (C=O) groups excluding carboxylic acids is 1. The van der Waals surface area contributed by atoms with E-state index >= 15 is 0 Å². The first-order chi connectivity index (χ1) is 19.3. The summed E-state index contributed by atoms with van der Waals surface area (Å²) in [6, 6.07) is 19.6. The molecule has 0 amide bonds. The summed E-state index contributed by atoms with van der Waals surface area (Å²) in [6.07, 6.45) is 0. The lowest BCUT2D eigenvalue weighted by Gasteiger charge is -2.19. The van der Waals surface area contributed by atoms with Crippen LogP contribution in [0.2, 0.25) is 0 Å². The largest absolute Gasteiger partial charge is 0.495 e. The van der Waals surface area contributed by atoms with Crippen LogP contribution >= 0.6 is 0 Å². The van der Waals surface area contributed by atoms with Crippen molar-refractivity contribution in [2.75, 3.05) is 7.11 Å². The van der Waals surface area contributed by atoms with Crippen molar-refractivity contribution in [2.45, 2.75) is 6.92 Å². The summed E-state index contributed by atoms with van der Waals surface area (Å²) >= 11 is 0. The Kier molecular flexibility index (Phi) is 4.90. The van der Waals surface area contributed by atoms with Gasteiger partial charge in [0.05, 0.1) is 7.11 Å². The zero-order valence-electron chi connectivity index (χ0n) is 21.3. The summed E-state index contributed by atoms with van der Waals surface area (Å²) in [6.45, 7) is 1.23. The van der Waals surface area contributed by atoms with E-state index in [-0.39, 0.29) is 65.4 Å². The molecule has 0 aromatic heterocycles. The number of rotatable bonds is 2. The summed E-state index contributed by atoms with van der Waals surface area (Å²) in [5.41, 5.74) is -2.14. The predicted molar refractivity (Wildman–Crippen MR) is 157 cm³/mol. The summed E-state index contributed by atoms with van der Waals surface area (Å²) in [4.78, 5) is 69.1. The number of esters is 1. The van der Waals surface area contributed by atoms with E-state index in [2.05, 4.69) is 0 Å². The number of methoxy groups -OCH3 is 1. The van der Waals surface area contributed by atoms with Crippen LogP contribution in [0.25, 0.3) is 64.6 Å². The highest BCUT2D eigenvalue weighted by Gasteiger charge is 2.28. The molecule has 0 saturated carbocycles. The van der Waals surface area contributed by atoms with Gasteiger partial charge in [0.25, 0.3) is 0 Å². The minimum atomic E-state index is -0.661. The molecule has 192 valence electrons. The molecule has 0 radical (unpaired) electrons. The van der Waals surface area contributed by atoms with Crippen molar-refractivity contribution in [3.63, 3.8) is 0 Å². The van der Waals surface area contributed by atoms with Crippen LogP contribution in [-0.2, 0) is 4.79 Å². The molecule has 0 aliphatic carbocycles. The van der Waals surface area contributed by atoms with Crippen LogP contribution in [0.1, 0.15) is 6.92 Å². The standard InChI is InChI=1S/C33H18O7/c1-15(34)40-33-21-14-8-7-13-20(21)32(39-2)26-24-22(28(35)16-9-3-5-11-18(16)30(24)37)23-25(27(26)33)31(38)19-12-6-4-10-17(19)29(23)36/h3-14H,1-2H3. The lowest BCUT2D eigenvalue weighted by atomic mass is 9.87. The molecule has 7 aromatic rings. The molecule has 0 unspecified atom stereocenters. The van der Waals surface area contributed by atoms with Crippen molar-refractivity contribution < 1.29 is 14.3 Å². The van der Waals surface area contributed by atoms with Gasteiger partial charge in [0.15, 0.2) is 21.7 Å². The quantitative estimate of drug-likeness (QED) is 0.137. The monoisotopic (exact) mass is 526 g/mol. The molecule has 40 heavy (non-hydrogen) atoms. The van der Waals surface area contributed by atoms with E-state index in [1.54, 1.807) is 54.6 Å². The molecule has 0 spiro atoms. The van der Waals surface area contributed by atoms with E-state index in [0.717, 1.165) is 0 Å². The molecule has 0 heterocycles. The van der Waals surface area contributed by atoms with Crippen LogP contribution in [0.4, 0.5) is 0 Å². The first-order valence-corrected chi connectivity index (χ1v) is 12.5. The molecular formula is C33H18O7. The first kappa shape index (κ1) is 23.7. The third-order valence-electron chi connectivity index (χ3n) is 7.56. The van der Waals surface area contributed by atoms with Gasteiger partial charge in [-0.3, -0.25) is 24.0 Å². The molecule has 7 aromatic carbocycles. The highest BCUT2D eigenvalue weighted by Crippen LogP contribution is 2.47. The van der Waals surface area contributed by atoms with E-state index in [0.29, 0.717) is 10.8 Å². The Morgan fingerprint density at radius 3 is 1.12 bits per heavy atom. The molecule has 7 nitrogen and oxygen atoms in total. The summed E-state index contributed by atoms with van der Waals surface area (Å²) in [7, 11) is 1.42. The van der Waals surface area contributed by atoms with Gasteiger partial charge in [0.2, 0.25) is 0 Å². The fraction of sp³-hybridized carbons (Fsp3) is 0.0606. The van der Waals surface area contributed by atoms with E-state index in [1.165, 1.54) is 32.2 Å². The normalized spacial score (nSPS) is 11.8. The predicted octanol–water partition coefficient (Wildman–Crippen LogP) is 4.86. The van der Waals surface area contributed by atoms with Gasteiger partial charge in [-0.05, 0) is 0 Å². The number of hydrogen-bond donors (Lipinski definition) is 0. The van der Waals surface area contributed by atoms with Gasteiger partial charge >= 0.3 is 5.97 Å². The third kappa shape index (κ3) is 2.91. The van der Waals surface area contributed by atoms with Crippen LogP contribution in [0.15, 0.2) is 92.0 Å². The Morgan fingerprint density at radius 1 is 0.475 bits per heavy atom. The Bertz CT molecular complexity index is 2500. The second-order valence-corrected chi connectivity index (χ2v) is 9.66. The zero-order chi connectivity index (χ0) is 27.9. The Morgan fingerprint density at radius 2 is 0.775 bits per heavy atom. The molecular weight excluding hydrogens is 508 g/mol. The van der Waals surface area contributed by atoms with Crippen LogP contribution < -0.4 is 31.2 Å². The second kappa shape index (κ2) is 8.28. The SMILES string of the molecule is COc1c2ccccc2c(OC(C)=O)c2c1c1c(=O)c3ccccc3c(=O)c1c1c(=O)c3ccccc3c(=O)c21. The van der Waals surface area contributed by atoms with E-state index in [9.17, 15) is 24.0 Å². The summed E-state index contributed by atoms with van der Waals surface area (Å²) in [5.74, 6) is -0.427. The van der Waals surface area contributed by atoms with Crippen molar-refractivity contribution in [3.05, 3.63) is 114 Å². The summed E-state index contributed by atoms with van der Waals surface area (Å²) < 4.78 is 11.6. The van der Waals surface area contributed by atoms with Gasteiger partial charge in [-0.15, -0.1) is 0 Å². The van der Waals surface area contributed by atoms with Crippen molar-refractivity contribution in [3.8, 4) is 11.5 Å². The Labute approximate surface area is 224 Å². The number of hydrogen-bond acceptors (Lipinski definition) is 7. The third-order valence-corrected chi connectivity index (χ3v) is 7.56.